The molecule has 0 fully saturated rings. The minimum atomic E-state index is -5.79. The fourth-order valence-electron chi connectivity index (χ4n) is 1.01. The van der Waals surface area contributed by atoms with Crippen LogP contribution in [-0.4, -0.2) is 30.7 Å². The maximum Gasteiger partial charge on any atom is 0.351 e. The van der Waals surface area contributed by atoms with Crippen LogP contribution in [0.3, 0.4) is 0 Å². The van der Waals surface area contributed by atoms with E-state index in [1.165, 1.54) is 12.1 Å². The third kappa shape index (κ3) is 3.59. The second-order valence-corrected chi connectivity index (χ2v) is 5.92. The van der Waals surface area contributed by atoms with Gasteiger partial charge in [-0.3, -0.25) is 4.79 Å². The minimum absolute atomic E-state index is 0.122. The van der Waals surface area contributed by atoms with Crippen molar-refractivity contribution in [2.75, 3.05) is 6.54 Å². The quantitative estimate of drug-likeness (QED) is 0.618. The summed E-state index contributed by atoms with van der Waals surface area (Å²) in [6, 6.07) is 6.15. The molecule has 1 rings (SSSR count). The third-order valence-corrected chi connectivity index (χ3v) is 3.76. The predicted molar refractivity (Wildman–Crippen MR) is 66.1 cm³/mol. The smallest absolute Gasteiger partial charge is 0.351 e. The summed E-state index contributed by atoms with van der Waals surface area (Å²) in [6.45, 7) is -1.55. The Hall–Kier alpha value is -0.810. The molecule has 1 amide bonds. The second kappa shape index (κ2) is 5.45. The zero-order valence-electron chi connectivity index (χ0n) is 8.69. The molecule has 18 heavy (non-hydrogen) atoms. The summed E-state index contributed by atoms with van der Waals surface area (Å²) in [5.74, 6) is -0.872. The van der Waals surface area contributed by atoms with Crippen LogP contribution in [0.4, 0.5) is 8.78 Å². The third-order valence-electron chi connectivity index (χ3n) is 1.94. The van der Waals surface area contributed by atoms with E-state index in [1.807, 2.05) is 22.6 Å². The Morgan fingerprint density at radius 1 is 1.39 bits per heavy atom. The summed E-state index contributed by atoms with van der Waals surface area (Å²) >= 11 is 1.82. The van der Waals surface area contributed by atoms with E-state index in [2.05, 4.69) is 0 Å². The number of benzene rings is 1. The molecule has 5 nitrogen and oxygen atoms in total. The van der Waals surface area contributed by atoms with E-state index in [0.29, 0.717) is 3.57 Å². The first-order chi connectivity index (χ1) is 8.15. The number of rotatable bonds is 4. The lowest BCUT2D eigenvalue weighted by Crippen LogP contribution is -2.42. The van der Waals surface area contributed by atoms with Gasteiger partial charge in [-0.15, -0.1) is 0 Å². The van der Waals surface area contributed by atoms with Gasteiger partial charge >= 0.3 is 5.25 Å². The average molecular weight is 390 g/mol. The molecule has 0 aliphatic carbocycles. The molecule has 0 heterocycles. The Balaban J connectivity index is 2.77. The van der Waals surface area contributed by atoms with Gasteiger partial charge in [-0.1, -0.05) is 12.1 Å². The summed E-state index contributed by atoms with van der Waals surface area (Å²) in [4.78, 5) is 11.5. The number of carbonyl (C=O) groups is 1. The summed E-state index contributed by atoms with van der Waals surface area (Å²) in [5, 5.41) is -2.81. The Kier molecular flexibility index (Phi) is 4.61. The van der Waals surface area contributed by atoms with Gasteiger partial charge in [-0.25, -0.2) is 8.42 Å². The zero-order valence-corrected chi connectivity index (χ0v) is 11.7. The van der Waals surface area contributed by atoms with Gasteiger partial charge in [0.2, 0.25) is 0 Å². The highest BCUT2D eigenvalue weighted by Crippen LogP contribution is 2.19. The van der Waals surface area contributed by atoms with Crippen molar-refractivity contribution in [3.05, 3.63) is 33.4 Å². The predicted octanol–water partition coefficient (Wildman–Crippen LogP) is 1.16. The summed E-state index contributed by atoms with van der Waals surface area (Å²) in [5.41, 5.74) is 0.122. The second-order valence-electron chi connectivity index (χ2n) is 3.25. The van der Waals surface area contributed by atoms with E-state index in [9.17, 15) is 26.5 Å². The maximum atomic E-state index is 12.8. The van der Waals surface area contributed by atoms with Crippen LogP contribution in [0.2, 0.25) is 0 Å². The van der Waals surface area contributed by atoms with Crippen molar-refractivity contribution in [3.8, 4) is 0 Å². The van der Waals surface area contributed by atoms with E-state index in [1.54, 1.807) is 17.4 Å². The first-order valence-corrected chi connectivity index (χ1v) is 7.00. The average Bonchev–Trinajstić information content (AvgIpc) is 2.25. The molecule has 9 heteroatoms. The molecule has 0 saturated heterocycles. The highest BCUT2D eigenvalue weighted by Gasteiger charge is 2.37. The van der Waals surface area contributed by atoms with Crippen LogP contribution in [0.5, 0.6) is 0 Å². The lowest BCUT2D eigenvalue weighted by Gasteiger charge is -2.20. The molecule has 100 valence electrons. The van der Waals surface area contributed by atoms with Gasteiger partial charge in [0.05, 0.1) is 12.1 Å². The van der Waals surface area contributed by atoms with Gasteiger partial charge < -0.3 is 9.87 Å². The van der Waals surface area contributed by atoms with Crippen LogP contribution in [0, 0.1) is 3.57 Å². The van der Waals surface area contributed by atoms with Gasteiger partial charge in [-0.2, -0.15) is 8.78 Å². The topological polar surface area (TPSA) is 86.3 Å². The summed E-state index contributed by atoms with van der Waals surface area (Å²) < 4.78 is 56.7. The van der Waals surface area contributed by atoms with Crippen molar-refractivity contribution in [1.29, 1.82) is 0 Å². The van der Waals surface area contributed by atoms with E-state index >= 15 is 0 Å². The molecule has 0 saturated carbocycles. The van der Waals surface area contributed by atoms with E-state index < -0.39 is 27.8 Å². The molecule has 0 aromatic heterocycles. The number of hydrogen-bond donors (Lipinski definition) is 1. The number of hydrogen-bond acceptors (Lipinski definition) is 4. The number of amides is 1. The minimum Gasteiger partial charge on any atom is -0.743 e. The highest BCUT2D eigenvalue weighted by molar-refractivity contribution is 14.1. The molecule has 0 bridgehead atoms. The zero-order chi connectivity index (χ0) is 14.0. The van der Waals surface area contributed by atoms with E-state index in [0.717, 1.165) is 0 Å². The van der Waals surface area contributed by atoms with Crippen LogP contribution < -0.4 is 5.32 Å². The van der Waals surface area contributed by atoms with Gasteiger partial charge in [-0.05, 0) is 34.7 Å². The van der Waals surface area contributed by atoms with Crippen LogP contribution in [0.15, 0.2) is 24.3 Å². The number of carbonyl (C=O) groups excluding carboxylic acids is 1. The molecule has 0 spiro atoms. The van der Waals surface area contributed by atoms with E-state index in [-0.39, 0.29) is 5.56 Å². The number of halogens is 3. The Bertz CT molecular complexity index is 561. The van der Waals surface area contributed by atoms with Gasteiger partial charge in [0.15, 0.2) is 10.1 Å². The Labute approximate surface area is 115 Å². The van der Waals surface area contributed by atoms with Crippen molar-refractivity contribution in [1.82, 2.24) is 5.32 Å². The molecule has 0 radical (unpaired) electrons. The van der Waals surface area contributed by atoms with Crippen LogP contribution in [0.25, 0.3) is 0 Å². The molecule has 1 aromatic rings. The number of alkyl halides is 2. The van der Waals surface area contributed by atoms with Gasteiger partial charge in [0, 0.05) is 3.57 Å². The SMILES string of the molecule is O=C(NCC(F)(F)S(=O)(=O)[O-])c1ccccc1I. The van der Waals surface area contributed by atoms with Crippen molar-refractivity contribution in [3.63, 3.8) is 0 Å². The Morgan fingerprint density at radius 3 is 2.44 bits per heavy atom. The van der Waals surface area contributed by atoms with Crippen LogP contribution >= 0.6 is 22.6 Å². The maximum absolute atomic E-state index is 12.8. The fourth-order valence-corrected chi connectivity index (χ4v) is 1.89. The monoisotopic (exact) mass is 390 g/mol. The highest BCUT2D eigenvalue weighted by atomic mass is 127. The van der Waals surface area contributed by atoms with Crippen molar-refractivity contribution < 1.29 is 26.5 Å². The van der Waals surface area contributed by atoms with Crippen molar-refractivity contribution in [2.45, 2.75) is 5.25 Å². The lowest BCUT2D eigenvalue weighted by atomic mass is 10.2. The first-order valence-electron chi connectivity index (χ1n) is 4.51. The first kappa shape index (κ1) is 15.2. The molecular formula is C9H7F2INO4S-. The molecule has 1 aromatic carbocycles. The number of nitrogens with one attached hydrogen (secondary N) is 1. The lowest BCUT2D eigenvalue weighted by molar-refractivity contribution is 0.0691. The summed E-state index contributed by atoms with van der Waals surface area (Å²) in [7, 11) is -5.79. The molecule has 0 aliphatic heterocycles. The Morgan fingerprint density at radius 2 is 1.94 bits per heavy atom. The summed E-state index contributed by atoms with van der Waals surface area (Å²) in [6.07, 6.45) is 0. The van der Waals surface area contributed by atoms with Crippen molar-refractivity contribution >= 4 is 38.6 Å². The molecule has 0 atom stereocenters. The van der Waals surface area contributed by atoms with Crippen molar-refractivity contribution in [2.24, 2.45) is 0 Å². The molecule has 0 unspecified atom stereocenters. The molecular weight excluding hydrogens is 383 g/mol. The van der Waals surface area contributed by atoms with Crippen LogP contribution in [0.1, 0.15) is 10.4 Å². The largest absolute Gasteiger partial charge is 0.743 e. The van der Waals surface area contributed by atoms with Gasteiger partial charge in [0.25, 0.3) is 5.91 Å². The van der Waals surface area contributed by atoms with Crippen LogP contribution in [-0.2, 0) is 10.1 Å². The standard InChI is InChI=1S/C9H8F2INO4S/c10-9(11,18(15,16)17)5-13-8(14)6-3-1-2-4-7(6)12/h1-4H,5H2,(H,13,14)(H,15,16,17)/p-1. The molecule has 1 N–H and O–H groups in total. The normalized spacial score (nSPS) is 12.2. The molecule has 0 aliphatic rings. The van der Waals surface area contributed by atoms with Gasteiger partial charge in [0.1, 0.15) is 0 Å². The van der Waals surface area contributed by atoms with E-state index in [4.69, 9.17) is 0 Å². The fraction of sp³-hybridized carbons (Fsp3) is 0.222.